The van der Waals surface area contributed by atoms with Crippen molar-refractivity contribution in [1.82, 2.24) is 10.2 Å². The van der Waals surface area contributed by atoms with E-state index in [1.54, 1.807) is 0 Å². The number of hydrogen-bond donors (Lipinski definition) is 2. The van der Waals surface area contributed by atoms with E-state index >= 15 is 0 Å². The average molecular weight is 412 g/mol. The summed E-state index contributed by atoms with van der Waals surface area (Å²) in [6, 6.07) is 11.3. The molecule has 1 saturated heterocycles. The molecule has 30 heavy (non-hydrogen) atoms. The minimum atomic E-state index is -0.357. The predicted molar refractivity (Wildman–Crippen MR) is 113 cm³/mol. The first-order chi connectivity index (χ1) is 14.5. The fraction of sp³-hybridized carbons (Fsp3) is 0.364. The SMILES string of the molecule is CC(CN1CCN(c2cccc3c2OCC(=O)N3)CC1)NC(=O)c1ccc(F)cc1. The van der Waals surface area contributed by atoms with Crippen LogP contribution in [0.15, 0.2) is 42.5 Å². The lowest BCUT2D eigenvalue weighted by atomic mass is 10.1. The molecule has 0 aliphatic carbocycles. The van der Waals surface area contributed by atoms with Crippen molar-refractivity contribution in [2.45, 2.75) is 13.0 Å². The van der Waals surface area contributed by atoms with E-state index in [9.17, 15) is 14.0 Å². The Hall–Kier alpha value is -3.13. The standard InChI is InChI=1S/C22H25FN4O3/c1-15(24-22(29)16-5-7-17(23)8-6-16)13-26-9-11-27(12-10-26)19-4-2-3-18-21(19)30-14-20(28)25-18/h2-8,15H,9-14H2,1H3,(H,24,29)(H,25,28). The quantitative estimate of drug-likeness (QED) is 0.787. The topological polar surface area (TPSA) is 73.9 Å². The largest absolute Gasteiger partial charge is 0.479 e. The van der Waals surface area contributed by atoms with Crippen LogP contribution < -0.4 is 20.3 Å². The molecule has 0 aromatic heterocycles. The molecule has 2 amide bonds. The third-order valence-electron chi connectivity index (χ3n) is 5.34. The molecular weight excluding hydrogens is 387 g/mol. The van der Waals surface area contributed by atoms with Crippen molar-refractivity contribution in [2.75, 3.05) is 49.5 Å². The van der Waals surface area contributed by atoms with E-state index in [1.165, 1.54) is 24.3 Å². The number of fused-ring (bicyclic) bond motifs is 1. The van der Waals surface area contributed by atoms with E-state index in [-0.39, 0.29) is 30.3 Å². The maximum atomic E-state index is 13.0. The number of nitrogens with zero attached hydrogens (tertiary/aromatic N) is 2. The van der Waals surface area contributed by atoms with Crippen LogP contribution in [0.1, 0.15) is 17.3 Å². The number of hydrogen-bond acceptors (Lipinski definition) is 5. The van der Waals surface area contributed by atoms with Crippen molar-refractivity contribution in [1.29, 1.82) is 0 Å². The summed E-state index contributed by atoms with van der Waals surface area (Å²) in [7, 11) is 0. The summed E-state index contributed by atoms with van der Waals surface area (Å²) in [6.45, 7) is 6.10. The predicted octanol–water partition coefficient (Wildman–Crippen LogP) is 2.10. The lowest BCUT2D eigenvalue weighted by Gasteiger charge is -2.38. The van der Waals surface area contributed by atoms with Gasteiger partial charge in [0.15, 0.2) is 12.4 Å². The highest BCUT2D eigenvalue weighted by Crippen LogP contribution is 2.38. The zero-order valence-electron chi connectivity index (χ0n) is 16.9. The van der Waals surface area contributed by atoms with E-state index in [2.05, 4.69) is 20.4 Å². The highest BCUT2D eigenvalue weighted by atomic mass is 19.1. The maximum Gasteiger partial charge on any atom is 0.262 e. The number of halogens is 1. The number of para-hydroxylation sites is 1. The van der Waals surface area contributed by atoms with Gasteiger partial charge in [-0.2, -0.15) is 0 Å². The molecule has 2 aromatic rings. The van der Waals surface area contributed by atoms with Gasteiger partial charge in [-0.25, -0.2) is 4.39 Å². The molecule has 7 nitrogen and oxygen atoms in total. The Labute approximate surface area is 174 Å². The molecule has 2 aromatic carbocycles. The van der Waals surface area contributed by atoms with Crippen LogP contribution in [0.5, 0.6) is 5.75 Å². The van der Waals surface area contributed by atoms with E-state index in [1.807, 2.05) is 25.1 Å². The first-order valence-corrected chi connectivity index (χ1v) is 10.1. The Morgan fingerprint density at radius 3 is 2.63 bits per heavy atom. The summed E-state index contributed by atoms with van der Waals surface area (Å²) in [4.78, 5) is 28.4. The van der Waals surface area contributed by atoms with Crippen LogP contribution in [0.4, 0.5) is 15.8 Å². The molecule has 8 heteroatoms. The maximum absolute atomic E-state index is 13.0. The van der Waals surface area contributed by atoms with Crippen molar-refractivity contribution < 1.29 is 18.7 Å². The molecule has 2 heterocycles. The van der Waals surface area contributed by atoms with Crippen molar-refractivity contribution in [2.24, 2.45) is 0 Å². The molecular formula is C22H25FN4O3. The summed E-state index contributed by atoms with van der Waals surface area (Å²) in [5.74, 6) is 0.0350. The number of amides is 2. The van der Waals surface area contributed by atoms with Gasteiger partial charge in [-0.1, -0.05) is 6.07 Å². The Kier molecular flexibility index (Phi) is 5.85. The van der Waals surface area contributed by atoms with Gasteiger partial charge in [0, 0.05) is 44.3 Å². The van der Waals surface area contributed by atoms with Crippen molar-refractivity contribution in [3.63, 3.8) is 0 Å². The molecule has 0 spiro atoms. The third kappa shape index (κ3) is 4.54. The number of benzene rings is 2. The lowest BCUT2D eigenvalue weighted by Crippen LogP contribution is -2.51. The summed E-state index contributed by atoms with van der Waals surface area (Å²) in [5, 5.41) is 5.82. The zero-order chi connectivity index (χ0) is 21.1. The van der Waals surface area contributed by atoms with E-state index in [0.29, 0.717) is 11.3 Å². The van der Waals surface area contributed by atoms with Gasteiger partial charge in [0.1, 0.15) is 5.82 Å². The minimum absolute atomic E-state index is 0.0304. The number of ether oxygens (including phenoxy) is 1. The van der Waals surface area contributed by atoms with Gasteiger partial charge < -0.3 is 20.3 Å². The number of rotatable bonds is 5. The molecule has 1 atom stereocenters. The number of carbonyl (C=O) groups excluding carboxylic acids is 2. The number of piperazine rings is 1. The molecule has 0 saturated carbocycles. The molecule has 2 aliphatic rings. The fourth-order valence-electron chi connectivity index (χ4n) is 3.86. The zero-order valence-corrected chi connectivity index (χ0v) is 16.9. The Morgan fingerprint density at radius 1 is 1.17 bits per heavy atom. The van der Waals surface area contributed by atoms with Gasteiger partial charge in [-0.05, 0) is 43.3 Å². The summed E-state index contributed by atoms with van der Waals surface area (Å²) in [5.41, 5.74) is 2.15. The van der Waals surface area contributed by atoms with E-state index in [0.717, 1.165) is 44.2 Å². The van der Waals surface area contributed by atoms with E-state index < -0.39 is 0 Å². The van der Waals surface area contributed by atoms with Gasteiger partial charge in [-0.3, -0.25) is 14.5 Å². The average Bonchev–Trinajstić information content (AvgIpc) is 2.74. The first-order valence-electron chi connectivity index (χ1n) is 10.1. The monoisotopic (exact) mass is 412 g/mol. The highest BCUT2D eigenvalue weighted by molar-refractivity contribution is 5.97. The van der Waals surface area contributed by atoms with Gasteiger partial charge >= 0.3 is 0 Å². The van der Waals surface area contributed by atoms with Crippen LogP contribution in [-0.4, -0.2) is 62.1 Å². The van der Waals surface area contributed by atoms with Crippen LogP contribution in [0, 0.1) is 5.82 Å². The van der Waals surface area contributed by atoms with Crippen LogP contribution >= 0.6 is 0 Å². The van der Waals surface area contributed by atoms with Crippen molar-refractivity contribution in [3.8, 4) is 5.75 Å². The van der Waals surface area contributed by atoms with Crippen LogP contribution in [0.2, 0.25) is 0 Å². The number of nitrogens with one attached hydrogen (secondary N) is 2. The fourth-order valence-corrected chi connectivity index (χ4v) is 3.86. The smallest absolute Gasteiger partial charge is 0.262 e. The highest BCUT2D eigenvalue weighted by Gasteiger charge is 2.25. The summed E-state index contributed by atoms with van der Waals surface area (Å²) < 4.78 is 18.7. The molecule has 1 fully saturated rings. The normalized spacial score (nSPS) is 17.5. The van der Waals surface area contributed by atoms with Crippen LogP contribution in [0.3, 0.4) is 0 Å². The Bertz CT molecular complexity index is 926. The second-order valence-electron chi connectivity index (χ2n) is 7.66. The molecule has 0 bridgehead atoms. The van der Waals surface area contributed by atoms with Gasteiger partial charge in [0.2, 0.25) is 0 Å². The molecule has 2 aliphatic heterocycles. The van der Waals surface area contributed by atoms with Crippen molar-refractivity contribution in [3.05, 3.63) is 53.8 Å². The molecule has 4 rings (SSSR count). The van der Waals surface area contributed by atoms with Gasteiger partial charge in [0.05, 0.1) is 11.4 Å². The molecule has 0 radical (unpaired) electrons. The second kappa shape index (κ2) is 8.71. The second-order valence-corrected chi connectivity index (χ2v) is 7.66. The summed E-state index contributed by atoms with van der Waals surface area (Å²) in [6.07, 6.45) is 0. The molecule has 1 unspecified atom stereocenters. The lowest BCUT2D eigenvalue weighted by molar-refractivity contribution is -0.118. The Balaban J connectivity index is 1.30. The minimum Gasteiger partial charge on any atom is -0.479 e. The van der Waals surface area contributed by atoms with Crippen LogP contribution in [0.25, 0.3) is 0 Å². The van der Waals surface area contributed by atoms with Gasteiger partial charge in [-0.15, -0.1) is 0 Å². The Morgan fingerprint density at radius 2 is 1.90 bits per heavy atom. The van der Waals surface area contributed by atoms with Crippen molar-refractivity contribution >= 4 is 23.2 Å². The summed E-state index contributed by atoms with van der Waals surface area (Å²) >= 11 is 0. The third-order valence-corrected chi connectivity index (χ3v) is 5.34. The molecule has 2 N–H and O–H groups in total. The van der Waals surface area contributed by atoms with Gasteiger partial charge in [0.25, 0.3) is 11.8 Å². The molecule has 158 valence electrons. The first kappa shape index (κ1) is 20.2. The van der Waals surface area contributed by atoms with E-state index in [4.69, 9.17) is 4.74 Å². The van der Waals surface area contributed by atoms with Crippen LogP contribution in [-0.2, 0) is 4.79 Å². The number of anilines is 2. The number of carbonyl (C=O) groups is 2.